The summed E-state index contributed by atoms with van der Waals surface area (Å²) in [6.07, 6.45) is 0. The molecular formula is C26H10Cl12N8. The molecule has 2 saturated carbocycles. The SMILES string of the molecule is ClC1=C(Cl)C2(Cl)C3c4nc(nc5nc(nc6ccc(nc7ccc(n4)[nH]7)[nH]6)C4C5C5(Cl)C(Cl)=C(Cl)C4(Cl)C5(Cl)Cl)C3C1(Cl)C2(Cl)Cl. The first-order valence-corrected chi connectivity index (χ1v) is 17.8. The molecule has 9 rings (SSSR count). The van der Waals surface area contributed by atoms with Crippen LogP contribution in [0.15, 0.2) is 44.4 Å². The average molecular weight is 860 g/mol. The van der Waals surface area contributed by atoms with Gasteiger partial charge < -0.3 is 9.97 Å². The Bertz CT molecular complexity index is 2050. The maximum atomic E-state index is 7.28. The Morgan fingerprint density at radius 3 is 0.913 bits per heavy atom. The molecule has 20 heteroatoms. The highest BCUT2D eigenvalue weighted by molar-refractivity contribution is 6.67. The number of rotatable bonds is 0. The van der Waals surface area contributed by atoms with Crippen molar-refractivity contribution in [2.24, 2.45) is 0 Å². The quantitative estimate of drug-likeness (QED) is 0.218. The molecule has 2 N–H and O–H groups in total. The summed E-state index contributed by atoms with van der Waals surface area (Å²) in [5.41, 5.74) is 1.73. The molecule has 0 radical (unpaired) electrons. The number of alkyl halides is 8. The molecule has 6 aliphatic rings. The van der Waals surface area contributed by atoms with E-state index in [1.54, 1.807) is 24.3 Å². The van der Waals surface area contributed by atoms with Crippen LogP contribution < -0.4 is 0 Å². The molecule has 2 aliphatic heterocycles. The summed E-state index contributed by atoms with van der Waals surface area (Å²) in [5, 5.41) is -0.144. The highest BCUT2D eigenvalue weighted by Gasteiger charge is 2.86. The number of fused-ring (bicyclic) bond motifs is 22. The third kappa shape index (κ3) is 3.22. The second-order valence-corrected chi connectivity index (χ2v) is 18.3. The van der Waals surface area contributed by atoms with Crippen LogP contribution in [0.3, 0.4) is 0 Å². The third-order valence-corrected chi connectivity index (χ3v) is 18.2. The van der Waals surface area contributed by atoms with E-state index < -0.39 is 51.8 Å². The van der Waals surface area contributed by atoms with Crippen molar-refractivity contribution in [1.82, 2.24) is 39.9 Å². The minimum atomic E-state index is -1.93. The van der Waals surface area contributed by atoms with Crippen LogP contribution in [0.25, 0.3) is 22.6 Å². The number of allylic oxidation sites excluding steroid dienone is 4. The monoisotopic (exact) mass is 854 g/mol. The molecule has 12 bridgehead atoms. The molecule has 3 aromatic rings. The van der Waals surface area contributed by atoms with E-state index in [4.69, 9.17) is 164 Å². The Hall–Kier alpha value is -0.200. The smallest absolute Gasteiger partial charge is 0.167 e. The molecule has 4 aliphatic carbocycles. The van der Waals surface area contributed by atoms with Crippen molar-refractivity contribution in [1.29, 1.82) is 0 Å². The van der Waals surface area contributed by atoms with Crippen molar-refractivity contribution in [3.63, 3.8) is 0 Å². The Kier molecular flexibility index (Phi) is 6.47. The van der Waals surface area contributed by atoms with Crippen LogP contribution in [-0.2, 0) is 0 Å². The number of H-pyrrole nitrogens is 2. The van der Waals surface area contributed by atoms with Gasteiger partial charge in [0, 0.05) is 0 Å². The van der Waals surface area contributed by atoms with E-state index in [1.165, 1.54) is 0 Å². The predicted octanol–water partition coefficient (Wildman–Crippen LogP) is 9.32. The van der Waals surface area contributed by atoms with Gasteiger partial charge in [0.1, 0.15) is 65.4 Å². The molecule has 8 nitrogen and oxygen atoms in total. The summed E-state index contributed by atoms with van der Waals surface area (Å²) in [6.45, 7) is 0. The normalized spacial score (nSPS) is 39.4. The van der Waals surface area contributed by atoms with E-state index in [-0.39, 0.29) is 43.4 Å². The Labute approximate surface area is 318 Å². The summed E-state index contributed by atoms with van der Waals surface area (Å²) in [7, 11) is 0. The fourth-order valence-electron chi connectivity index (χ4n) is 7.66. The van der Waals surface area contributed by atoms with E-state index in [1.807, 2.05) is 0 Å². The molecule has 46 heavy (non-hydrogen) atoms. The van der Waals surface area contributed by atoms with Gasteiger partial charge in [-0.2, -0.15) is 0 Å². The van der Waals surface area contributed by atoms with Crippen LogP contribution in [0.2, 0.25) is 0 Å². The van der Waals surface area contributed by atoms with Gasteiger partial charge in [-0.05, 0) is 24.3 Å². The zero-order valence-electron chi connectivity index (χ0n) is 21.8. The topological polar surface area (TPSA) is 109 Å². The van der Waals surface area contributed by atoms with Crippen molar-refractivity contribution in [2.45, 2.75) is 51.8 Å². The summed E-state index contributed by atoms with van der Waals surface area (Å²) < 4.78 is -3.86. The maximum Gasteiger partial charge on any atom is 0.167 e. The van der Waals surface area contributed by atoms with Crippen LogP contribution in [0.1, 0.15) is 47.0 Å². The number of hydrogen-bond acceptors (Lipinski definition) is 6. The number of nitrogens with zero attached hydrogens (tertiary/aromatic N) is 6. The second-order valence-electron chi connectivity index (χ2n) is 11.7. The molecule has 5 heterocycles. The van der Waals surface area contributed by atoms with Crippen molar-refractivity contribution in [3.05, 3.63) is 67.7 Å². The number of aromatic nitrogens is 8. The molecule has 2 fully saturated rings. The molecule has 0 aromatic carbocycles. The first-order chi connectivity index (χ1) is 21.5. The summed E-state index contributed by atoms with van der Waals surface area (Å²) in [6, 6.07) is 6.87. The van der Waals surface area contributed by atoms with E-state index in [9.17, 15) is 0 Å². The zero-order valence-corrected chi connectivity index (χ0v) is 30.9. The molecule has 8 unspecified atom stereocenters. The lowest BCUT2D eigenvalue weighted by Gasteiger charge is -2.33. The van der Waals surface area contributed by atoms with Crippen molar-refractivity contribution < 1.29 is 0 Å². The van der Waals surface area contributed by atoms with Gasteiger partial charge in [-0.25, -0.2) is 29.9 Å². The molecule has 0 saturated heterocycles. The van der Waals surface area contributed by atoms with Crippen molar-refractivity contribution in [2.75, 3.05) is 0 Å². The lowest BCUT2D eigenvalue weighted by molar-refractivity contribution is 0.514. The van der Waals surface area contributed by atoms with Gasteiger partial charge in [0.2, 0.25) is 0 Å². The first kappa shape index (κ1) is 31.8. The van der Waals surface area contributed by atoms with Gasteiger partial charge in [0.05, 0.1) is 43.8 Å². The van der Waals surface area contributed by atoms with E-state index in [2.05, 4.69) is 15.0 Å². The highest BCUT2D eigenvalue weighted by Crippen LogP contribution is 2.82. The van der Waals surface area contributed by atoms with Gasteiger partial charge in [-0.1, -0.05) is 92.8 Å². The first-order valence-electron chi connectivity index (χ1n) is 13.2. The lowest BCUT2D eigenvalue weighted by Crippen LogP contribution is -2.45. The molecule has 0 spiro atoms. The van der Waals surface area contributed by atoms with E-state index in [0.717, 1.165) is 0 Å². The number of aromatic amines is 2. The fourth-order valence-corrected chi connectivity index (χ4v) is 13.5. The lowest BCUT2D eigenvalue weighted by atomic mass is 9.82. The molecule has 3 aromatic heterocycles. The maximum absolute atomic E-state index is 7.28. The number of hydrogen-bond donors (Lipinski definition) is 2. The molecular weight excluding hydrogens is 850 g/mol. The summed E-state index contributed by atoms with van der Waals surface area (Å²) in [4.78, 5) is 27.8. The third-order valence-electron chi connectivity index (χ3n) is 9.69. The van der Waals surface area contributed by atoms with Crippen LogP contribution >= 0.6 is 139 Å². The van der Waals surface area contributed by atoms with Crippen LogP contribution in [-0.4, -0.2) is 68.0 Å². The van der Waals surface area contributed by atoms with Gasteiger partial charge >= 0.3 is 0 Å². The van der Waals surface area contributed by atoms with Crippen LogP contribution in [0, 0.1) is 0 Å². The zero-order chi connectivity index (χ0) is 32.7. The van der Waals surface area contributed by atoms with Gasteiger partial charge in [0.15, 0.2) is 8.67 Å². The summed E-state index contributed by atoms with van der Waals surface area (Å²) in [5.74, 6) is -3.15. The van der Waals surface area contributed by atoms with E-state index in [0.29, 0.717) is 22.6 Å². The van der Waals surface area contributed by atoms with Crippen molar-refractivity contribution >= 4 is 162 Å². The Morgan fingerprint density at radius 1 is 0.391 bits per heavy atom. The fraction of sp³-hybridized carbons (Fsp3) is 0.385. The van der Waals surface area contributed by atoms with Gasteiger partial charge in [-0.15, -0.1) is 46.4 Å². The number of nitrogens with one attached hydrogen (secondary N) is 2. The van der Waals surface area contributed by atoms with Gasteiger partial charge in [0.25, 0.3) is 0 Å². The molecule has 8 atom stereocenters. The minimum Gasteiger partial charge on any atom is -0.325 e. The van der Waals surface area contributed by atoms with E-state index >= 15 is 0 Å². The predicted molar refractivity (Wildman–Crippen MR) is 184 cm³/mol. The standard InChI is InChI=1S/C26H10Cl12N8/c27-13-15(29)23(33)11-9(21(13,31)25(23,35)36)17-42-7-3-1-5(40-7)39-6-2-4-8(41-6)43-18-10-12(20(45-18)46-19(11)44-17)24(34)16(30)14(28)22(10,32)26(24,37)38/h1-4,9-12H,(H2,39,40,41,42,43,44,45,46). The molecule has 0 amide bonds. The van der Waals surface area contributed by atoms with Crippen LogP contribution in [0.5, 0.6) is 0 Å². The highest BCUT2D eigenvalue weighted by atomic mass is 35.5. The molecule has 238 valence electrons. The average Bonchev–Trinajstić information content (AvgIpc) is 3.83. The number of halogens is 12. The van der Waals surface area contributed by atoms with Crippen LogP contribution in [0.4, 0.5) is 0 Å². The minimum absolute atomic E-state index is 0.0261. The second kappa shape index (κ2) is 9.36. The van der Waals surface area contributed by atoms with Crippen molar-refractivity contribution in [3.8, 4) is 0 Å². The summed E-state index contributed by atoms with van der Waals surface area (Å²) >= 11 is 83.9. The largest absolute Gasteiger partial charge is 0.325 e. The van der Waals surface area contributed by atoms with Gasteiger partial charge in [-0.3, -0.25) is 0 Å². The Morgan fingerprint density at radius 2 is 0.630 bits per heavy atom. The Balaban J connectivity index is 1.41.